The van der Waals surface area contributed by atoms with E-state index in [-0.39, 0.29) is 17.5 Å². The Balaban J connectivity index is 1.49. The highest BCUT2D eigenvalue weighted by molar-refractivity contribution is 5.77. The lowest BCUT2D eigenvalue weighted by atomic mass is 10.1. The fourth-order valence-corrected chi connectivity index (χ4v) is 3.77. The molecule has 1 amide bonds. The minimum Gasteiger partial charge on any atom is -0.345 e. The molecule has 0 fully saturated rings. The van der Waals surface area contributed by atoms with E-state index >= 15 is 0 Å². The highest BCUT2D eigenvalue weighted by Gasteiger charge is 2.28. The maximum Gasteiger partial charge on any atom is 0.270 e. The zero-order chi connectivity index (χ0) is 18.3. The first-order valence-corrected chi connectivity index (χ1v) is 8.98. The molecule has 1 aliphatic heterocycles. The van der Waals surface area contributed by atoms with Crippen molar-refractivity contribution in [2.75, 3.05) is 6.54 Å². The number of nitrogens with zero attached hydrogens (tertiary/aromatic N) is 3. The van der Waals surface area contributed by atoms with Crippen LogP contribution >= 0.6 is 0 Å². The van der Waals surface area contributed by atoms with Crippen LogP contribution in [0.3, 0.4) is 0 Å². The minimum atomic E-state index is -0.215. The molecule has 0 bridgehead atoms. The van der Waals surface area contributed by atoms with Crippen LogP contribution in [0.25, 0.3) is 11.0 Å². The Morgan fingerprint density at radius 2 is 2.04 bits per heavy atom. The van der Waals surface area contributed by atoms with E-state index < -0.39 is 0 Å². The van der Waals surface area contributed by atoms with Gasteiger partial charge < -0.3 is 14.5 Å². The van der Waals surface area contributed by atoms with E-state index in [0.717, 1.165) is 12.1 Å². The number of amides is 1. The lowest BCUT2D eigenvalue weighted by Crippen LogP contribution is -2.41. The monoisotopic (exact) mass is 350 g/mol. The van der Waals surface area contributed by atoms with Gasteiger partial charge in [-0.1, -0.05) is 12.1 Å². The molecule has 26 heavy (non-hydrogen) atoms. The fraction of sp³-hybridized carbons (Fsp3) is 0.350. The van der Waals surface area contributed by atoms with Gasteiger partial charge in [-0.15, -0.1) is 0 Å². The summed E-state index contributed by atoms with van der Waals surface area (Å²) < 4.78 is 2.27. The summed E-state index contributed by atoms with van der Waals surface area (Å²) in [6.07, 6.45) is 0.640. The van der Waals surface area contributed by atoms with E-state index in [9.17, 15) is 9.59 Å². The Kier molecular flexibility index (Phi) is 4.11. The van der Waals surface area contributed by atoms with E-state index in [0.29, 0.717) is 30.6 Å². The molecule has 2 aromatic heterocycles. The van der Waals surface area contributed by atoms with E-state index in [1.807, 2.05) is 29.2 Å². The number of aryl methyl sites for hydroxylation is 2. The van der Waals surface area contributed by atoms with Gasteiger partial charge >= 0.3 is 0 Å². The third-order valence-corrected chi connectivity index (χ3v) is 5.26. The highest BCUT2D eigenvalue weighted by Crippen LogP contribution is 2.27. The van der Waals surface area contributed by atoms with Gasteiger partial charge in [0.2, 0.25) is 5.91 Å². The van der Waals surface area contributed by atoms with Crippen LogP contribution in [-0.2, 0) is 17.8 Å². The number of H-pyrrole nitrogens is 1. The van der Waals surface area contributed by atoms with Gasteiger partial charge in [0.05, 0.1) is 17.1 Å². The summed E-state index contributed by atoms with van der Waals surface area (Å²) >= 11 is 0. The number of nitrogens with one attached hydrogen (secondary N) is 1. The molecule has 0 radical (unpaired) electrons. The molecule has 3 aromatic rings. The zero-order valence-corrected chi connectivity index (χ0v) is 15.0. The lowest BCUT2D eigenvalue weighted by Gasteiger charge is -2.35. The van der Waals surface area contributed by atoms with E-state index in [1.54, 1.807) is 0 Å². The Morgan fingerprint density at radius 3 is 2.88 bits per heavy atom. The van der Waals surface area contributed by atoms with Crippen LogP contribution in [0.1, 0.15) is 36.5 Å². The highest BCUT2D eigenvalue weighted by atomic mass is 16.2. The van der Waals surface area contributed by atoms with E-state index in [2.05, 4.69) is 40.5 Å². The van der Waals surface area contributed by atoms with Crippen molar-refractivity contribution in [3.05, 3.63) is 63.8 Å². The number of fused-ring (bicyclic) bond motifs is 2. The first kappa shape index (κ1) is 16.6. The molecular weight excluding hydrogens is 328 g/mol. The van der Waals surface area contributed by atoms with Crippen molar-refractivity contribution < 1.29 is 4.79 Å². The molecule has 1 atom stereocenters. The standard InChI is InChI=1S/C20H22N4O2/c1-13-7-9-18-14(2)24(12-11-23(13)18)19(25)10-8-17-20(26)22-16-6-4-3-5-15(16)21-17/h3-7,9,14H,8,10-12H2,1-2H3,(H,22,26)/t14-/m0/s1. The first-order chi connectivity index (χ1) is 12.5. The van der Waals surface area contributed by atoms with Crippen molar-refractivity contribution >= 4 is 16.9 Å². The second-order valence-electron chi connectivity index (χ2n) is 6.84. The van der Waals surface area contributed by atoms with E-state index in [1.165, 1.54) is 11.4 Å². The quantitative estimate of drug-likeness (QED) is 0.789. The number of benzene rings is 1. The number of carbonyl (C=O) groups excluding carboxylic acids is 1. The van der Waals surface area contributed by atoms with Crippen molar-refractivity contribution in [2.24, 2.45) is 0 Å². The molecule has 6 nitrogen and oxygen atoms in total. The van der Waals surface area contributed by atoms with Gasteiger partial charge in [0.25, 0.3) is 5.56 Å². The average molecular weight is 350 g/mol. The predicted octanol–water partition coefficient (Wildman–Crippen LogP) is 2.57. The molecule has 1 aliphatic rings. The van der Waals surface area contributed by atoms with Crippen LogP contribution in [-0.4, -0.2) is 31.9 Å². The molecule has 134 valence electrons. The van der Waals surface area contributed by atoms with Gasteiger partial charge in [-0.05, 0) is 38.1 Å². The Labute approximate surface area is 151 Å². The van der Waals surface area contributed by atoms with Gasteiger partial charge in [0.15, 0.2) is 0 Å². The number of hydrogen-bond donors (Lipinski definition) is 1. The zero-order valence-electron chi connectivity index (χ0n) is 15.0. The number of rotatable bonds is 3. The van der Waals surface area contributed by atoms with Crippen molar-refractivity contribution in [3.63, 3.8) is 0 Å². The summed E-state index contributed by atoms with van der Waals surface area (Å²) in [6, 6.07) is 11.7. The van der Waals surface area contributed by atoms with Crippen molar-refractivity contribution in [1.82, 2.24) is 19.4 Å². The molecule has 0 unspecified atom stereocenters. The molecule has 0 aliphatic carbocycles. The molecule has 6 heteroatoms. The Morgan fingerprint density at radius 1 is 1.23 bits per heavy atom. The average Bonchev–Trinajstić information content (AvgIpc) is 3.02. The van der Waals surface area contributed by atoms with Crippen LogP contribution in [0.4, 0.5) is 0 Å². The molecule has 0 saturated carbocycles. The van der Waals surface area contributed by atoms with Crippen LogP contribution in [0, 0.1) is 6.92 Å². The largest absolute Gasteiger partial charge is 0.345 e. The number of hydrogen-bond acceptors (Lipinski definition) is 3. The summed E-state index contributed by atoms with van der Waals surface area (Å²) in [4.78, 5) is 34.1. The number of aromatic nitrogens is 3. The maximum atomic E-state index is 12.7. The van der Waals surface area contributed by atoms with Crippen LogP contribution in [0.2, 0.25) is 0 Å². The number of para-hydroxylation sites is 2. The van der Waals surface area contributed by atoms with Crippen LogP contribution in [0.15, 0.2) is 41.2 Å². The van der Waals surface area contributed by atoms with Crippen LogP contribution in [0.5, 0.6) is 0 Å². The summed E-state index contributed by atoms with van der Waals surface area (Å²) in [5.74, 6) is 0.0666. The lowest BCUT2D eigenvalue weighted by molar-refractivity contribution is -0.134. The third-order valence-electron chi connectivity index (χ3n) is 5.26. The smallest absolute Gasteiger partial charge is 0.270 e. The van der Waals surface area contributed by atoms with Gasteiger partial charge in [-0.2, -0.15) is 0 Å². The van der Waals surface area contributed by atoms with Gasteiger partial charge in [0.1, 0.15) is 5.69 Å². The predicted molar refractivity (Wildman–Crippen MR) is 100.0 cm³/mol. The van der Waals surface area contributed by atoms with Gasteiger partial charge in [-0.3, -0.25) is 9.59 Å². The first-order valence-electron chi connectivity index (χ1n) is 8.98. The maximum absolute atomic E-state index is 12.7. The third kappa shape index (κ3) is 2.81. The molecule has 1 aromatic carbocycles. The topological polar surface area (TPSA) is 71.0 Å². The Bertz CT molecular complexity index is 1030. The normalized spacial score (nSPS) is 16.7. The second-order valence-corrected chi connectivity index (χ2v) is 6.84. The SMILES string of the molecule is Cc1ccc2n1CCN(C(=O)CCc1nc3ccccc3[nH]c1=O)[C@H]2C. The molecule has 1 N–H and O–H groups in total. The van der Waals surface area contributed by atoms with E-state index in [4.69, 9.17) is 0 Å². The molecule has 0 saturated heterocycles. The summed E-state index contributed by atoms with van der Waals surface area (Å²) in [7, 11) is 0. The van der Waals surface area contributed by atoms with Crippen LogP contribution < -0.4 is 5.56 Å². The molecule has 3 heterocycles. The Hall–Kier alpha value is -2.89. The number of carbonyl (C=O) groups is 1. The number of aromatic amines is 1. The summed E-state index contributed by atoms with van der Waals surface area (Å²) in [5, 5.41) is 0. The molecule has 0 spiro atoms. The van der Waals surface area contributed by atoms with Gasteiger partial charge in [0, 0.05) is 37.3 Å². The summed E-state index contributed by atoms with van der Waals surface area (Å²) in [6.45, 7) is 5.66. The minimum absolute atomic E-state index is 0.0489. The van der Waals surface area contributed by atoms with Crippen molar-refractivity contribution in [1.29, 1.82) is 0 Å². The van der Waals surface area contributed by atoms with Gasteiger partial charge in [-0.25, -0.2) is 4.98 Å². The fourth-order valence-electron chi connectivity index (χ4n) is 3.77. The second kappa shape index (κ2) is 6.44. The van der Waals surface area contributed by atoms with Crippen molar-refractivity contribution in [2.45, 2.75) is 39.3 Å². The summed E-state index contributed by atoms with van der Waals surface area (Å²) in [5.41, 5.74) is 4.06. The van der Waals surface area contributed by atoms with Crippen molar-refractivity contribution in [3.8, 4) is 0 Å². The molecular formula is C20H22N4O2. The molecule has 4 rings (SSSR count).